The topological polar surface area (TPSA) is 95.9 Å². The molecule has 1 saturated heterocycles. The van der Waals surface area contributed by atoms with Gasteiger partial charge in [0.15, 0.2) is 11.7 Å². The highest BCUT2D eigenvalue weighted by molar-refractivity contribution is 5.89. The van der Waals surface area contributed by atoms with Gasteiger partial charge in [-0.05, 0) is 37.8 Å². The lowest BCUT2D eigenvalue weighted by Crippen LogP contribution is -2.50. The van der Waals surface area contributed by atoms with Crippen LogP contribution < -0.4 is 16.4 Å². The van der Waals surface area contributed by atoms with Crippen LogP contribution in [0.5, 0.6) is 0 Å². The second kappa shape index (κ2) is 8.38. The first-order valence-corrected chi connectivity index (χ1v) is 9.25. The van der Waals surface area contributed by atoms with Crippen molar-refractivity contribution in [2.75, 3.05) is 20.1 Å². The SMILES string of the molecule is CN=C(NCc1ccc(C(N)=O)o1)NC1CCN(C2CCCC2)CC1. The number of rotatable bonds is 5. The molecule has 2 aliphatic rings. The van der Waals surface area contributed by atoms with Gasteiger partial charge in [0.25, 0.3) is 5.91 Å². The summed E-state index contributed by atoms with van der Waals surface area (Å²) in [5.41, 5.74) is 5.20. The van der Waals surface area contributed by atoms with Crippen molar-refractivity contribution in [1.82, 2.24) is 15.5 Å². The summed E-state index contributed by atoms with van der Waals surface area (Å²) in [6, 6.07) is 4.60. The zero-order chi connectivity index (χ0) is 17.6. The number of primary amides is 1. The number of amides is 1. The number of piperidine rings is 1. The number of furan rings is 1. The van der Waals surface area contributed by atoms with E-state index in [0.717, 1.165) is 24.8 Å². The third kappa shape index (κ3) is 4.75. The molecule has 0 bridgehead atoms. The summed E-state index contributed by atoms with van der Waals surface area (Å²) in [6.45, 7) is 2.80. The van der Waals surface area contributed by atoms with Gasteiger partial charge in [-0.1, -0.05) is 12.8 Å². The lowest BCUT2D eigenvalue weighted by atomic mass is 10.0. The van der Waals surface area contributed by atoms with Crippen molar-refractivity contribution in [3.05, 3.63) is 23.7 Å². The Morgan fingerprint density at radius 2 is 2.00 bits per heavy atom. The summed E-state index contributed by atoms with van der Waals surface area (Å²) in [6.07, 6.45) is 7.82. The molecule has 0 aromatic carbocycles. The van der Waals surface area contributed by atoms with Crippen LogP contribution in [-0.4, -0.2) is 49.0 Å². The Kier molecular flexibility index (Phi) is 5.96. The number of guanidine groups is 1. The van der Waals surface area contributed by atoms with Crippen molar-refractivity contribution in [3.63, 3.8) is 0 Å². The first-order valence-electron chi connectivity index (χ1n) is 9.25. The highest BCUT2D eigenvalue weighted by Gasteiger charge is 2.27. The molecule has 138 valence electrons. The monoisotopic (exact) mass is 347 g/mol. The third-order valence-electron chi connectivity index (χ3n) is 5.27. The minimum atomic E-state index is -0.553. The highest BCUT2D eigenvalue weighted by atomic mass is 16.3. The second-order valence-electron chi connectivity index (χ2n) is 6.95. The van der Waals surface area contributed by atoms with Crippen LogP contribution in [0.3, 0.4) is 0 Å². The Morgan fingerprint density at radius 3 is 2.60 bits per heavy atom. The average molecular weight is 347 g/mol. The number of hydrogen-bond acceptors (Lipinski definition) is 4. The van der Waals surface area contributed by atoms with Gasteiger partial charge >= 0.3 is 0 Å². The predicted octanol–water partition coefficient (Wildman–Crippen LogP) is 1.45. The molecule has 0 spiro atoms. The summed E-state index contributed by atoms with van der Waals surface area (Å²) < 4.78 is 5.37. The van der Waals surface area contributed by atoms with Crippen molar-refractivity contribution in [2.45, 2.75) is 57.2 Å². The van der Waals surface area contributed by atoms with Gasteiger partial charge in [0.2, 0.25) is 0 Å². The van der Waals surface area contributed by atoms with Crippen molar-refractivity contribution in [3.8, 4) is 0 Å². The molecule has 7 nitrogen and oxygen atoms in total. The van der Waals surface area contributed by atoms with E-state index >= 15 is 0 Å². The number of hydrogen-bond donors (Lipinski definition) is 3. The van der Waals surface area contributed by atoms with Crippen molar-refractivity contribution in [1.29, 1.82) is 0 Å². The summed E-state index contributed by atoms with van der Waals surface area (Å²) in [5, 5.41) is 6.73. The maximum Gasteiger partial charge on any atom is 0.284 e. The minimum absolute atomic E-state index is 0.180. The Bertz CT molecular complexity index is 598. The minimum Gasteiger partial charge on any atom is -0.454 e. The fourth-order valence-electron chi connectivity index (χ4n) is 3.84. The van der Waals surface area contributed by atoms with E-state index in [2.05, 4.69) is 20.5 Å². The molecule has 0 unspecified atom stereocenters. The van der Waals surface area contributed by atoms with E-state index in [-0.39, 0.29) is 5.76 Å². The van der Waals surface area contributed by atoms with Crippen LogP contribution in [0.15, 0.2) is 21.5 Å². The maximum atomic E-state index is 11.1. The van der Waals surface area contributed by atoms with E-state index in [9.17, 15) is 4.79 Å². The molecule has 1 amide bonds. The van der Waals surface area contributed by atoms with Crippen LogP contribution in [0.4, 0.5) is 0 Å². The Labute approximate surface area is 149 Å². The first-order chi connectivity index (χ1) is 12.2. The largest absolute Gasteiger partial charge is 0.454 e. The number of likely N-dealkylation sites (tertiary alicyclic amines) is 1. The number of nitrogens with one attached hydrogen (secondary N) is 2. The lowest BCUT2D eigenvalue weighted by Gasteiger charge is -2.36. The number of nitrogens with two attached hydrogens (primary N) is 1. The number of nitrogens with zero attached hydrogens (tertiary/aromatic N) is 2. The van der Waals surface area contributed by atoms with Crippen LogP contribution in [-0.2, 0) is 6.54 Å². The van der Waals surface area contributed by atoms with Gasteiger partial charge in [-0.15, -0.1) is 0 Å². The van der Waals surface area contributed by atoms with Crippen LogP contribution in [0.25, 0.3) is 0 Å². The van der Waals surface area contributed by atoms with E-state index < -0.39 is 5.91 Å². The van der Waals surface area contributed by atoms with Gasteiger partial charge in [0.05, 0.1) is 6.54 Å². The smallest absolute Gasteiger partial charge is 0.284 e. The molecule has 1 aliphatic heterocycles. The predicted molar refractivity (Wildman–Crippen MR) is 97.4 cm³/mol. The molecule has 1 aliphatic carbocycles. The molecule has 25 heavy (non-hydrogen) atoms. The quantitative estimate of drug-likeness (QED) is 0.553. The normalized spacial score (nSPS) is 20.8. The van der Waals surface area contributed by atoms with E-state index in [1.165, 1.54) is 38.8 Å². The molecular formula is C18H29N5O2. The summed E-state index contributed by atoms with van der Waals surface area (Å²) in [5.74, 6) is 1.05. The van der Waals surface area contributed by atoms with Gasteiger partial charge in [-0.2, -0.15) is 0 Å². The molecule has 2 heterocycles. The van der Waals surface area contributed by atoms with Gasteiger partial charge in [-0.25, -0.2) is 0 Å². The molecule has 2 fully saturated rings. The molecule has 1 aromatic rings. The Hall–Kier alpha value is -2.02. The fourth-order valence-corrected chi connectivity index (χ4v) is 3.84. The molecule has 1 saturated carbocycles. The van der Waals surface area contributed by atoms with Crippen molar-refractivity contribution in [2.24, 2.45) is 10.7 Å². The van der Waals surface area contributed by atoms with Crippen LogP contribution >= 0.6 is 0 Å². The van der Waals surface area contributed by atoms with Gasteiger partial charge < -0.3 is 25.7 Å². The second-order valence-corrected chi connectivity index (χ2v) is 6.95. The van der Waals surface area contributed by atoms with Gasteiger partial charge in [-0.3, -0.25) is 9.79 Å². The maximum absolute atomic E-state index is 11.1. The number of carbonyl (C=O) groups is 1. The molecule has 7 heteroatoms. The highest BCUT2D eigenvalue weighted by Crippen LogP contribution is 2.26. The molecule has 0 atom stereocenters. The van der Waals surface area contributed by atoms with Gasteiger partial charge in [0.1, 0.15) is 5.76 Å². The summed E-state index contributed by atoms with van der Waals surface area (Å²) in [7, 11) is 1.76. The molecule has 4 N–H and O–H groups in total. The molecule has 3 rings (SSSR count). The van der Waals surface area contributed by atoms with E-state index in [1.807, 2.05) is 0 Å². The fraction of sp³-hybridized carbons (Fsp3) is 0.667. The zero-order valence-electron chi connectivity index (χ0n) is 15.0. The number of carbonyl (C=O) groups excluding carboxylic acids is 1. The zero-order valence-corrected chi connectivity index (χ0v) is 15.0. The Morgan fingerprint density at radius 1 is 1.28 bits per heavy atom. The summed E-state index contributed by atoms with van der Waals surface area (Å²) >= 11 is 0. The third-order valence-corrected chi connectivity index (χ3v) is 5.27. The van der Waals surface area contributed by atoms with Crippen LogP contribution in [0, 0.1) is 0 Å². The van der Waals surface area contributed by atoms with Crippen LogP contribution in [0.1, 0.15) is 54.8 Å². The van der Waals surface area contributed by atoms with E-state index in [0.29, 0.717) is 18.3 Å². The molecular weight excluding hydrogens is 318 g/mol. The van der Waals surface area contributed by atoms with Gasteiger partial charge in [0, 0.05) is 32.2 Å². The molecule has 1 aromatic heterocycles. The lowest BCUT2D eigenvalue weighted by molar-refractivity contribution is 0.0972. The number of aliphatic imine (C=N–C) groups is 1. The van der Waals surface area contributed by atoms with Crippen molar-refractivity contribution < 1.29 is 9.21 Å². The molecule has 0 radical (unpaired) electrons. The Balaban J connectivity index is 1.42. The summed E-state index contributed by atoms with van der Waals surface area (Å²) in [4.78, 5) is 18.0. The standard InChI is InChI=1S/C18H29N5O2/c1-20-18(21-12-15-6-7-16(25-15)17(19)24)22-13-8-10-23(11-9-13)14-4-2-3-5-14/h6-7,13-14H,2-5,8-12H2,1H3,(H2,19,24)(H2,20,21,22). The average Bonchev–Trinajstić information content (AvgIpc) is 3.31. The van der Waals surface area contributed by atoms with E-state index in [4.69, 9.17) is 10.2 Å². The van der Waals surface area contributed by atoms with Crippen molar-refractivity contribution >= 4 is 11.9 Å². The van der Waals surface area contributed by atoms with Crippen LogP contribution in [0.2, 0.25) is 0 Å². The first kappa shape index (κ1) is 17.8. The van der Waals surface area contributed by atoms with E-state index in [1.54, 1.807) is 19.2 Å².